The lowest BCUT2D eigenvalue weighted by Gasteiger charge is -2.27. The highest BCUT2D eigenvalue weighted by atomic mass is 16.6. The summed E-state index contributed by atoms with van der Waals surface area (Å²) >= 11 is 0. The second-order valence-electron chi connectivity index (χ2n) is 5.15. The number of benzene rings is 1. The van der Waals surface area contributed by atoms with E-state index in [0.29, 0.717) is 18.9 Å². The van der Waals surface area contributed by atoms with E-state index in [1.165, 1.54) is 0 Å². The molecule has 0 fully saturated rings. The number of hydrogen-bond donors (Lipinski definition) is 2. The summed E-state index contributed by atoms with van der Waals surface area (Å²) in [6, 6.07) is 7.03. The van der Waals surface area contributed by atoms with Gasteiger partial charge >= 0.3 is 0 Å². The fourth-order valence-corrected chi connectivity index (χ4v) is 2.01. The number of rotatable bonds is 5. The van der Waals surface area contributed by atoms with Crippen molar-refractivity contribution >= 4 is 5.91 Å². The molecule has 1 aliphatic heterocycles. The Morgan fingerprint density at radius 1 is 1.45 bits per heavy atom. The zero-order valence-electron chi connectivity index (χ0n) is 12.0. The Hall–Kier alpha value is -1.75. The molecule has 3 atom stereocenters. The first-order chi connectivity index (χ1) is 9.61. The van der Waals surface area contributed by atoms with Crippen molar-refractivity contribution in [2.24, 2.45) is 11.7 Å². The van der Waals surface area contributed by atoms with E-state index < -0.39 is 6.04 Å². The molecule has 3 N–H and O–H groups in total. The lowest BCUT2D eigenvalue weighted by atomic mass is 9.99. The van der Waals surface area contributed by atoms with E-state index in [-0.39, 0.29) is 17.9 Å². The molecule has 1 amide bonds. The smallest absolute Gasteiger partial charge is 0.237 e. The van der Waals surface area contributed by atoms with Crippen molar-refractivity contribution in [2.75, 3.05) is 13.2 Å². The minimum atomic E-state index is -0.475. The van der Waals surface area contributed by atoms with Gasteiger partial charge in [0.25, 0.3) is 0 Å². The molecule has 1 heterocycles. The van der Waals surface area contributed by atoms with Crippen molar-refractivity contribution in [1.82, 2.24) is 5.32 Å². The van der Waals surface area contributed by atoms with Gasteiger partial charge in [0.1, 0.15) is 12.7 Å². The molecule has 1 aliphatic rings. The first kappa shape index (κ1) is 14.7. The average Bonchev–Trinajstić information content (AvgIpc) is 2.50. The van der Waals surface area contributed by atoms with E-state index in [0.717, 1.165) is 12.2 Å². The van der Waals surface area contributed by atoms with Crippen LogP contribution in [0.4, 0.5) is 0 Å². The molecule has 0 radical (unpaired) electrons. The summed E-state index contributed by atoms with van der Waals surface area (Å²) in [5, 5.41) is 2.83. The Morgan fingerprint density at radius 2 is 2.15 bits per heavy atom. The van der Waals surface area contributed by atoms with Crippen LogP contribution in [0.3, 0.4) is 0 Å². The van der Waals surface area contributed by atoms with Gasteiger partial charge in [0.05, 0.1) is 12.6 Å². The average molecular weight is 278 g/mol. The molecule has 0 bridgehead atoms. The number of fused-ring (bicyclic) bond motifs is 1. The van der Waals surface area contributed by atoms with Crippen LogP contribution in [0.2, 0.25) is 0 Å². The van der Waals surface area contributed by atoms with E-state index in [1.807, 2.05) is 38.1 Å². The van der Waals surface area contributed by atoms with Crippen molar-refractivity contribution in [3.05, 3.63) is 24.3 Å². The van der Waals surface area contributed by atoms with Gasteiger partial charge in [0, 0.05) is 0 Å². The Bertz CT molecular complexity index is 464. The maximum absolute atomic E-state index is 11.9. The fraction of sp³-hybridized carbons (Fsp3) is 0.533. The highest BCUT2D eigenvalue weighted by molar-refractivity contribution is 5.81. The van der Waals surface area contributed by atoms with Crippen LogP contribution >= 0.6 is 0 Å². The molecule has 1 aromatic rings. The summed E-state index contributed by atoms with van der Waals surface area (Å²) in [5.41, 5.74) is 5.88. The van der Waals surface area contributed by atoms with Gasteiger partial charge in [0.2, 0.25) is 5.91 Å². The van der Waals surface area contributed by atoms with Crippen molar-refractivity contribution < 1.29 is 14.3 Å². The predicted octanol–water partition coefficient (Wildman–Crippen LogP) is 1.32. The first-order valence-corrected chi connectivity index (χ1v) is 7.03. The fourth-order valence-electron chi connectivity index (χ4n) is 2.01. The highest BCUT2D eigenvalue weighted by Crippen LogP contribution is 2.30. The minimum absolute atomic E-state index is 0.137. The monoisotopic (exact) mass is 278 g/mol. The summed E-state index contributed by atoms with van der Waals surface area (Å²) in [4.78, 5) is 11.9. The van der Waals surface area contributed by atoms with Crippen LogP contribution in [0.5, 0.6) is 11.5 Å². The summed E-state index contributed by atoms with van der Waals surface area (Å²) < 4.78 is 11.4. The molecule has 1 unspecified atom stereocenters. The van der Waals surface area contributed by atoms with Gasteiger partial charge < -0.3 is 20.5 Å². The van der Waals surface area contributed by atoms with E-state index in [9.17, 15) is 4.79 Å². The van der Waals surface area contributed by atoms with Crippen molar-refractivity contribution in [2.45, 2.75) is 32.4 Å². The molecular weight excluding hydrogens is 256 g/mol. The van der Waals surface area contributed by atoms with Crippen molar-refractivity contribution in [1.29, 1.82) is 0 Å². The first-order valence-electron chi connectivity index (χ1n) is 7.03. The molecule has 5 nitrogen and oxygen atoms in total. The van der Waals surface area contributed by atoms with Gasteiger partial charge in [-0.3, -0.25) is 4.79 Å². The molecule has 0 spiro atoms. The normalized spacial score (nSPS) is 20.1. The number of para-hydroxylation sites is 2. The number of carbonyl (C=O) groups excluding carboxylic acids is 1. The number of ether oxygens (including phenoxy) is 2. The lowest BCUT2D eigenvalue weighted by Crippen LogP contribution is -2.48. The van der Waals surface area contributed by atoms with Crippen LogP contribution in [-0.2, 0) is 4.79 Å². The van der Waals surface area contributed by atoms with Crippen LogP contribution in [0.1, 0.15) is 20.3 Å². The van der Waals surface area contributed by atoms with Crippen LogP contribution < -0.4 is 20.5 Å². The van der Waals surface area contributed by atoms with Crippen molar-refractivity contribution in [3.8, 4) is 11.5 Å². The summed E-state index contributed by atoms with van der Waals surface area (Å²) in [6.45, 7) is 4.82. The molecule has 20 heavy (non-hydrogen) atoms. The van der Waals surface area contributed by atoms with Crippen LogP contribution in [-0.4, -0.2) is 31.2 Å². The maximum Gasteiger partial charge on any atom is 0.237 e. The number of nitrogens with two attached hydrogens (primary N) is 1. The van der Waals surface area contributed by atoms with E-state index in [2.05, 4.69) is 5.32 Å². The second kappa shape index (κ2) is 6.61. The van der Waals surface area contributed by atoms with Crippen LogP contribution in [0, 0.1) is 5.92 Å². The number of amides is 1. The summed E-state index contributed by atoms with van der Waals surface area (Å²) in [7, 11) is 0. The molecule has 0 aliphatic carbocycles. The van der Waals surface area contributed by atoms with E-state index >= 15 is 0 Å². The van der Waals surface area contributed by atoms with E-state index in [1.54, 1.807) is 0 Å². The molecule has 5 heteroatoms. The second-order valence-corrected chi connectivity index (χ2v) is 5.15. The Balaban J connectivity index is 1.83. The van der Waals surface area contributed by atoms with Gasteiger partial charge in [-0.1, -0.05) is 32.4 Å². The van der Waals surface area contributed by atoms with Gasteiger partial charge in [-0.25, -0.2) is 0 Å². The van der Waals surface area contributed by atoms with Gasteiger partial charge in [-0.15, -0.1) is 0 Å². The Labute approximate surface area is 119 Å². The molecule has 0 aromatic heterocycles. The van der Waals surface area contributed by atoms with Gasteiger partial charge in [0.15, 0.2) is 11.5 Å². The number of carbonyl (C=O) groups is 1. The third-order valence-electron chi connectivity index (χ3n) is 3.63. The zero-order chi connectivity index (χ0) is 14.5. The van der Waals surface area contributed by atoms with Gasteiger partial charge in [-0.2, -0.15) is 0 Å². The Kier molecular flexibility index (Phi) is 4.84. The summed E-state index contributed by atoms with van der Waals surface area (Å²) in [5.74, 6) is 1.48. The molecule has 110 valence electrons. The molecule has 0 saturated heterocycles. The number of nitrogens with one attached hydrogen (secondary N) is 1. The maximum atomic E-state index is 11.9. The largest absolute Gasteiger partial charge is 0.486 e. The van der Waals surface area contributed by atoms with Crippen LogP contribution in [0.15, 0.2) is 24.3 Å². The quantitative estimate of drug-likeness (QED) is 0.852. The zero-order valence-corrected chi connectivity index (χ0v) is 12.0. The Morgan fingerprint density at radius 3 is 2.85 bits per heavy atom. The third kappa shape index (κ3) is 3.42. The molecular formula is C15H22N2O3. The van der Waals surface area contributed by atoms with Crippen LogP contribution in [0.25, 0.3) is 0 Å². The number of hydrogen-bond acceptors (Lipinski definition) is 4. The highest BCUT2D eigenvalue weighted by Gasteiger charge is 2.23. The standard InChI is InChI=1S/C15H22N2O3/c1-3-10(2)14(16)15(18)17-8-11-9-19-12-6-4-5-7-13(12)20-11/h4-7,10-11,14H,3,8-9,16H2,1-2H3,(H,17,18)/t10-,11?,14-/m0/s1. The lowest BCUT2D eigenvalue weighted by molar-refractivity contribution is -0.123. The summed E-state index contributed by atoms with van der Waals surface area (Å²) in [6.07, 6.45) is 0.698. The van der Waals surface area contributed by atoms with Crippen molar-refractivity contribution in [3.63, 3.8) is 0 Å². The third-order valence-corrected chi connectivity index (χ3v) is 3.63. The topological polar surface area (TPSA) is 73.6 Å². The predicted molar refractivity (Wildman–Crippen MR) is 76.8 cm³/mol. The SMILES string of the molecule is CC[C@H](C)[C@H](N)C(=O)NCC1COc2ccccc2O1. The molecule has 1 aromatic carbocycles. The molecule has 0 saturated carbocycles. The van der Waals surface area contributed by atoms with Gasteiger partial charge in [-0.05, 0) is 18.1 Å². The molecule has 2 rings (SSSR count). The van der Waals surface area contributed by atoms with E-state index in [4.69, 9.17) is 15.2 Å². The minimum Gasteiger partial charge on any atom is -0.486 e.